The van der Waals surface area contributed by atoms with Crippen molar-refractivity contribution in [2.75, 3.05) is 12.1 Å². The molecule has 1 saturated carbocycles. The summed E-state index contributed by atoms with van der Waals surface area (Å²) < 4.78 is 23.5. The van der Waals surface area contributed by atoms with Crippen LogP contribution in [0.4, 0.5) is 10.1 Å². The van der Waals surface area contributed by atoms with Crippen LogP contribution in [0.2, 0.25) is 0 Å². The molecule has 36 heavy (non-hydrogen) atoms. The van der Waals surface area contributed by atoms with Crippen LogP contribution in [-0.2, 0) is 13.1 Å². The monoisotopic (exact) mass is 491 g/mol. The molecule has 0 aliphatic heterocycles. The molecule has 12 heteroatoms. The number of nitrogens with zero attached hydrogens (tertiary/aromatic N) is 6. The third-order valence-electron chi connectivity index (χ3n) is 6.02. The van der Waals surface area contributed by atoms with Gasteiger partial charge in [-0.15, -0.1) is 5.10 Å². The van der Waals surface area contributed by atoms with Crippen molar-refractivity contribution >= 4 is 17.2 Å². The van der Waals surface area contributed by atoms with E-state index in [0.29, 0.717) is 18.2 Å². The number of halogens is 1. The van der Waals surface area contributed by atoms with Gasteiger partial charge in [0.2, 0.25) is 0 Å². The number of ether oxygens (including phenoxy) is 1. The van der Waals surface area contributed by atoms with Crippen molar-refractivity contribution in [3.8, 4) is 5.75 Å². The van der Waals surface area contributed by atoms with Gasteiger partial charge in [-0.1, -0.05) is 11.3 Å². The number of aromatic nitrogens is 5. The number of benzene rings is 1. The highest BCUT2D eigenvalue weighted by Crippen LogP contribution is 2.39. The van der Waals surface area contributed by atoms with Crippen molar-refractivity contribution in [2.45, 2.75) is 31.8 Å². The molecule has 1 fully saturated rings. The molecule has 0 saturated heterocycles. The summed E-state index contributed by atoms with van der Waals surface area (Å²) in [6.07, 6.45) is 10.6. The predicted molar refractivity (Wildman–Crippen MR) is 130 cm³/mol. The lowest BCUT2D eigenvalue weighted by atomic mass is 10.1. The number of fused-ring (bicyclic) bond motifs is 1. The summed E-state index contributed by atoms with van der Waals surface area (Å²) in [5.74, 6) is 5.45. The van der Waals surface area contributed by atoms with Crippen molar-refractivity contribution < 1.29 is 13.9 Å². The molecule has 11 nitrogen and oxygen atoms in total. The highest BCUT2D eigenvalue weighted by molar-refractivity contribution is 5.91. The third kappa shape index (κ3) is 4.70. The number of imidazole rings is 1. The molecule has 0 atom stereocenters. The van der Waals surface area contributed by atoms with E-state index in [2.05, 4.69) is 32.9 Å². The molecule has 186 valence electrons. The Hall–Kier alpha value is -4.45. The summed E-state index contributed by atoms with van der Waals surface area (Å²) in [6.45, 7) is 0.189. The van der Waals surface area contributed by atoms with E-state index in [1.165, 1.54) is 54.9 Å². The normalized spacial score (nSPS) is 13.4. The van der Waals surface area contributed by atoms with Crippen molar-refractivity contribution in [3.63, 3.8) is 0 Å². The van der Waals surface area contributed by atoms with Gasteiger partial charge in [-0.3, -0.25) is 9.80 Å². The second kappa shape index (κ2) is 9.66. The molecule has 0 radical (unpaired) electrons. The number of amides is 1. The van der Waals surface area contributed by atoms with E-state index < -0.39 is 11.7 Å². The molecule has 0 spiro atoms. The van der Waals surface area contributed by atoms with Crippen LogP contribution in [0.25, 0.3) is 5.65 Å². The number of nitrogens with one attached hydrogen (secondary N) is 1. The van der Waals surface area contributed by atoms with Gasteiger partial charge < -0.3 is 20.2 Å². The fourth-order valence-electron chi connectivity index (χ4n) is 4.03. The molecule has 0 unspecified atom stereocenters. The SMILES string of the molecule is COc1ccc(N(N)/C=C\N)c(CNC(=O)c2cn(Cc3cn4cc(C5CC5)ccc4n3)nn2)c1F. The molecule has 1 amide bonds. The molecule has 4 aromatic rings. The Morgan fingerprint density at radius 2 is 2.11 bits per heavy atom. The largest absolute Gasteiger partial charge is 0.494 e. The number of rotatable bonds is 9. The maximum Gasteiger partial charge on any atom is 0.273 e. The van der Waals surface area contributed by atoms with Crippen LogP contribution in [0.3, 0.4) is 0 Å². The van der Waals surface area contributed by atoms with Crippen LogP contribution in [0.1, 0.15) is 46.1 Å². The minimum absolute atomic E-state index is 0.0239. The van der Waals surface area contributed by atoms with E-state index >= 15 is 0 Å². The van der Waals surface area contributed by atoms with Crippen LogP contribution in [0.15, 0.2) is 55.3 Å². The first kappa shape index (κ1) is 23.3. The highest BCUT2D eigenvalue weighted by atomic mass is 19.1. The van der Waals surface area contributed by atoms with Crippen molar-refractivity contribution in [2.24, 2.45) is 11.6 Å². The lowest BCUT2D eigenvalue weighted by Crippen LogP contribution is -2.29. The van der Waals surface area contributed by atoms with Gasteiger partial charge in [0.05, 0.1) is 31.2 Å². The summed E-state index contributed by atoms with van der Waals surface area (Å²) in [4.78, 5) is 17.3. The Kier molecular flexibility index (Phi) is 6.25. The van der Waals surface area contributed by atoms with E-state index in [9.17, 15) is 9.18 Å². The summed E-state index contributed by atoms with van der Waals surface area (Å²) >= 11 is 0. The number of anilines is 1. The zero-order valence-corrected chi connectivity index (χ0v) is 19.6. The zero-order valence-electron chi connectivity index (χ0n) is 19.6. The fourth-order valence-corrected chi connectivity index (χ4v) is 4.03. The average Bonchev–Trinajstić information content (AvgIpc) is 3.49. The second-order valence-electron chi connectivity index (χ2n) is 8.55. The molecule has 5 rings (SSSR count). The lowest BCUT2D eigenvalue weighted by Gasteiger charge is -2.19. The Bertz CT molecular complexity index is 1440. The van der Waals surface area contributed by atoms with Gasteiger partial charge >= 0.3 is 0 Å². The molecule has 0 bridgehead atoms. The fraction of sp³-hybridized carbons (Fsp3) is 0.250. The number of hydrazine groups is 1. The van der Waals surface area contributed by atoms with Crippen LogP contribution in [0, 0.1) is 5.82 Å². The van der Waals surface area contributed by atoms with E-state index in [0.717, 1.165) is 16.4 Å². The van der Waals surface area contributed by atoms with Crippen LogP contribution < -0.4 is 26.6 Å². The smallest absolute Gasteiger partial charge is 0.273 e. The number of carbonyl (C=O) groups excluding carboxylic acids is 1. The summed E-state index contributed by atoms with van der Waals surface area (Å²) in [6, 6.07) is 7.14. The highest BCUT2D eigenvalue weighted by Gasteiger charge is 2.24. The average molecular weight is 492 g/mol. The molecule has 3 heterocycles. The van der Waals surface area contributed by atoms with Crippen molar-refractivity contribution in [3.05, 3.63) is 83.6 Å². The quantitative estimate of drug-likeness (QED) is 0.239. The first-order valence-corrected chi connectivity index (χ1v) is 11.4. The number of nitrogens with two attached hydrogens (primary N) is 2. The maximum absolute atomic E-state index is 14.9. The Labute approximate surface area is 206 Å². The topological polar surface area (TPSA) is 142 Å². The number of hydrogen-bond donors (Lipinski definition) is 3. The number of carbonyl (C=O) groups is 1. The molecule has 1 aromatic carbocycles. The Morgan fingerprint density at radius 1 is 1.28 bits per heavy atom. The number of methoxy groups -OCH3 is 1. The molecule has 1 aliphatic carbocycles. The van der Waals surface area contributed by atoms with Gasteiger partial charge in [0, 0.05) is 36.9 Å². The molecular weight excluding hydrogens is 465 g/mol. The minimum atomic E-state index is -0.642. The van der Waals surface area contributed by atoms with Gasteiger partial charge in [-0.25, -0.2) is 19.9 Å². The van der Waals surface area contributed by atoms with Gasteiger partial charge in [-0.2, -0.15) is 0 Å². The van der Waals surface area contributed by atoms with Crippen LogP contribution in [-0.4, -0.2) is 37.4 Å². The van der Waals surface area contributed by atoms with E-state index in [4.69, 9.17) is 16.3 Å². The number of hydrogen-bond acceptors (Lipinski definition) is 8. The standard InChI is InChI=1S/C24H26FN9O2/c1-36-21-6-5-20(34(27)9-8-26)18(23(21)25)10-28-24(35)19-14-33(31-30-19)13-17-12-32-11-16(15-2-3-15)4-7-22(32)29-17/h4-9,11-12,14-15H,2-3,10,13,26-27H2,1H3,(H,28,35)/b9-8-. The van der Waals surface area contributed by atoms with Gasteiger partial charge in [-0.05, 0) is 42.5 Å². The minimum Gasteiger partial charge on any atom is -0.494 e. The molecule has 3 aromatic heterocycles. The van der Waals surface area contributed by atoms with E-state index in [-0.39, 0.29) is 23.6 Å². The first-order chi connectivity index (χ1) is 17.5. The van der Waals surface area contributed by atoms with Gasteiger partial charge in [0.1, 0.15) is 5.65 Å². The maximum atomic E-state index is 14.9. The summed E-state index contributed by atoms with van der Waals surface area (Å²) in [5.41, 5.74) is 8.89. The van der Waals surface area contributed by atoms with E-state index in [1.807, 2.05) is 16.7 Å². The Balaban J connectivity index is 1.28. The zero-order chi connectivity index (χ0) is 25.2. The summed E-state index contributed by atoms with van der Waals surface area (Å²) in [5, 5.41) is 11.8. The lowest BCUT2D eigenvalue weighted by molar-refractivity contribution is 0.0945. The Morgan fingerprint density at radius 3 is 2.86 bits per heavy atom. The second-order valence-corrected chi connectivity index (χ2v) is 8.55. The molecule has 5 N–H and O–H groups in total. The first-order valence-electron chi connectivity index (χ1n) is 11.4. The number of pyridine rings is 1. The van der Waals surface area contributed by atoms with E-state index in [1.54, 1.807) is 6.07 Å². The third-order valence-corrected chi connectivity index (χ3v) is 6.02. The van der Waals surface area contributed by atoms with Gasteiger partial charge in [0.25, 0.3) is 5.91 Å². The predicted octanol–water partition coefficient (Wildman–Crippen LogP) is 2.04. The molecular formula is C24H26FN9O2. The summed E-state index contributed by atoms with van der Waals surface area (Å²) in [7, 11) is 1.36. The van der Waals surface area contributed by atoms with Crippen molar-refractivity contribution in [1.29, 1.82) is 0 Å². The van der Waals surface area contributed by atoms with Crippen LogP contribution in [0.5, 0.6) is 5.75 Å². The molecule has 1 aliphatic rings. The van der Waals surface area contributed by atoms with Gasteiger partial charge in [0.15, 0.2) is 17.3 Å². The van der Waals surface area contributed by atoms with Crippen LogP contribution >= 0.6 is 0 Å². The van der Waals surface area contributed by atoms with Crippen molar-refractivity contribution in [1.82, 2.24) is 29.7 Å².